The zero-order chi connectivity index (χ0) is 13.8. The second-order valence-corrected chi connectivity index (χ2v) is 5.18. The van der Waals surface area contributed by atoms with E-state index in [2.05, 4.69) is 28.6 Å². The average molecular weight is 263 g/mol. The lowest BCUT2D eigenvalue weighted by Gasteiger charge is -2.26. The van der Waals surface area contributed by atoms with Crippen LogP contribution in [-0.2, 0) is 6.61 Å². The van der Waals surface area contributed by atoms with Gasteiger partial charge in [0.25, 0.3) is 0 Å². The third kappa shape index (κ3) is 3.07. The third-order valence-electron chi connectivity index (χ3n) is 4.17. The van der Waals surface area contributed by atoms with E-state index in [1.54, 1.807) is 0 Å². The quantitative estimate of drug-likeness (QED) is 0.879. The number of aryl methyl sites for hydroxylation is 1. The summed E-state index contributed by atoms with van der Waals surface area (Å²) in [6, 6.07) is 4.67. The molecule has 106 valence electrons. The molecule has 1 aromatic rings. The highest BCUT2D eigenvalue weighted by atomic mass is 16.3. The topological polar surface area (TPSA) is 39.6 Å². The summed E-state index contributed by atoms with van der Waals surface area (Å²) in [6.45, 7) is 10.9. The van der Waals surface area contributed by atoms with Gasteiger partial charge in [0.05, 0.1) is 6.61 Å². The Hall–Kier alpha value is -1.13. The summed E-state index contributed by atoms with van der Waals surface area (Å²) in [5, 5.41) is 9.19. The van der Waals surface area contributed by atoms with Crippen molar-refractivity contribution in [1.29, 1.82) is 0 Å². The molecular formula is C15H25N3O. The fourth-order valence-corrected chi connectivity index (χ4v) is 2.91. The lowest BCUT2D eigenvalue weighted by molar-refractivity contribution is 0.232. The van der Waals surface area contributed by atoms with Gasteiger partial charge in [-0.05, 0) is 38.1 Å². The zero-order valence-corrected chi connectivity index (χ0v) is 12.3. The van der Waals surface area contributed by atoms with Gasteiger partial charge in [-0.1, -0.05) is 19.9 Å². The third-order valence-corrected chi connectivity index (χ3v) is 4.17. The number of aromatic nitrogens is 1. The van der Waals surface area contributed by atoms with Crippen LogP contribution in [-0.4, -0.2) is 47.2 Å². The summed E-state index contributed by atoms with van der Waals surface area (Å²) >= 11 is 0. The molecular weight excluding hydrogens is 238 g/mol. The van der Waals surface area contributed by atoms with Gasteiger partial charge in [-0.2, -0.15) is 0 Å². The van der Waals surface area contributed by atoms with E-state index in [1.165, 1.54) is 6.42 Å². The Balaban J connectivity index is 2.06. The fraction of sp³-hybridized carbons (Fsp3) is 0.667. The zero-order valence-electron chi connectivity index (χ0n) is 12.3. The van der Waals surface area contributed by atoms with Crippen molar-refractivity contribution in [2.24, 2.45) is 0 Å². The van der Waals surface area contributed by atoms with Crippen molar-refractivity contribution in [3.63, 3.8) is 0 Å². The van der Waals surface area contributed by atoms with E-state index in [0.717, 1.165) is 43.3 Å². The van der Waals surface area contributed by atoms with Crippen LogP contribution >= 0.6 is 0 Å². The maximum absolute atomic E-state index is 9.19. The van der Waals surface area contributed by atoms with Crippen molar-refractivity contribution in [2.75, 3.05) is 31.1 Å². The highest BCUT2D eigenvalue weighted by molar-refractivity contribution is 5.43. The van der Waals surface area contributed by atoms with Crippen molar-refractivity contribution in [2.45, 2.75) is 39.8 Å². The van der Waals surface area contributed by atoms with E-state index >= 15 is 0 Å². The first-order valence-electron chi connectivity index (χ1n) is 7.26. The van der Waals surface area contributed by atoms with Gasteiger partial charge in [-0.25, -0.2) is 4.98 Å². The van der Waals surface area contributed by atoms with Gasteiger partial charge in [0, 0.05) is 24.8 Å². The summed E-state index contributed by atoms with van der Waals surface area (Å²) in [5.41, 5.74) is 1.86. The monoisotopic (exact) mass is 263 g/mol. The number of anilines is 1. The summed E-state index contributed by atoms with van der Waals surface area (Å²) in [5.74, 6) is 1.05. The molecule has 0 aliphatic carbocycles. The van der Waals surface area contributed by atoms with Crippen LogP contribution in [0.2, 0.25) is 0 Å². The van der Waals surface area contributed by atoms with Crippen LogP contribution in [0.1, 0.15) is 31.5 Å². The Morgan fingerprint density at radius 2 is 2.11 bits per heavy atom. The molecule has 0 amide bonds. The molecule has 1 saturated heterocycles. The highest BCUT2D eigenvalue weighted by Crippen LogP contribution is 2.22. The Labute approximate surface area is 116 Å². The van der Waals surface area contributed by atoms with Gasteiger partial charge in [0.15, 0.2) is 0 Å². The normalized spacial score (nSPS) is 19.4. The van der Waals surface area contributed by atoms with E-state index in [-0.39, 0.29) is 6.61 Å². The maximum atomic E-state index is 9.19. The van der Waals surface area contributed by atoms with Gasteiger partial charge in [0.1, 0.15) is 5.82 Å². The molecule has 0 radical (unpaired) electrons. The molecule has 1 fully saturated rings. The van der Waals surface area contributed by atoms with Gasteiger partial charge in [-0.15, -0.1) is 0 Å². The smallest absolute Gasteiger partial charge is 0.128 e. The van der Waals surface area contributed by atoms with Crippen LogP contribution in [0.25, 0.3) is 0 Å². The molecule has 0 aromatic carbocycles. The molecule has 0 saturated carbocycles. The number of likely N-dealkylation sites (N-methyl/N-ethyl adjacent to an activating group) is 1. The van der Waals surface area contributed by atoms with Gasteiger partial charge in [-0.3, -0.25) is 4.90 Å². The van der Waals surface area contributed by atoms with Crippen LogP contribution in [0.15, 0.2) is 12.1 Å². The molecule has 4 nitrogen and oxygen atoms in total. The molecule has 1 atom stereocenters. The van der Waals surface area contributed by atoms with Crippen LogP contribution in [0.3, 0.4) is 0 Å². The van der Waals surface area contributed by atoms with Crippen molar-refractivity contribution in [3.05, 3.63) is 23.4 Å². The first-order valence-corrected chi connectivity index (χ1v) is 7.26. The minimum atomic E-state index is 0.0706. The number of aliphatic hydroxyl groups excluding tert-OH is 1. The molecule has 2 heterocycles. The number of nitrogens with zero attached hydrogens (tertiary/aromatic N) is 3. The predicted molar refractivity (Wildman–Crippen MR) is 78.4 cm³/mol. The lowest BCUT2D eigenvalue weighted by atomic mass is 10.2. The number of pyridine rings is 1. The predicted octanol–water partition coefficient (Wildman–Crippen LogP) is 1.80. The van der Waals surface area contributed by atoms with Crippen molar-refractivity contribution in [3.8, 4) is 0 Å². The molecule has 19 heavy (non-hydrogen) atoms. The Bertz CT molecular complexity index is 418. The van der Waals surface area contributed by atoms with E-state index in [1.807, 2.05) is 19.1 Å². The highest BCUT2D eigenvalue weighted by Gasteiger charge is 2.26. The van der Waals surface area contributed by atoms with Crippen molar-refractivity contribution >= 4 is 5.82 Å². The van der Waals surface area contributed by atoms with Crippen molar-refractivity contribution in [1.82, 2.24) is 9.88 Å². The van der Waals surface area contributed by atoms with E-state index in [0.29, 0.717) is 6.04 Å². The van der Waals surface area contributed by atoms with E-state index < -0.39 is 0 Å². The van der Waals surface area contributed by atoms with Gasteiger partial charge >= 0.3 is 0 Å². The lowest BCUT2D eigenvalue weighted by Crippen LogP contribution is -2.37. The standard InChI is InChI=1S/C15H25N3O/c1-4-17(5-2)14-8-9-18(10-14)15-7-6-13(11-19)12(3)16-15/h6-7,14,19H,4-5,8-11H2,1-3H3. The van der Waals surface area contributed by atoms with Gasteiger partial charge < -0.3 is 10.0 Å². The minimum Gasteiger partial charge on any atom is -0.392 e. The van der Waals surface area contributed by atoms with Crippen LogP contribution in [0, 0.1) is 6.92 Å². The Morgan fingerprint density at radius 3 is 2.68 bits per heavy atom. The SMILES string of the molecule is CCN(CC)C1CCN(c2ccc(CO)c(C)n2)C1. The molecule has 1 unspecified atom stereocenters. The first-order chi connectivity index (χ1) is 9.19. The maximum Gasteiger partial charge on any atom is 0.128 e. The van der Waals surface area contributed by atoms with Crippen LogP contribution in [0.5, 0.6) is 0 Å². The second-order valence-electron chi connectivity index (χ2n) is 5.18. The molecule has 1 N–H and O–H groups in total. The Kier molecular flexibility index (Phi) is 4.77. The summed E-state index contributed by atoms with van der Waals surface area (Å²) < 4.78 is 0. The minimum absolute atomic E-state index is 0.0706. The van der Waals surface area contributed by atoms with Crippen LogP contribution < -0.4 is 4.90 Å². The largest absolute Gasteiger partial charge is 0.392 e. The molecule has 1 aliphatic rings. The van der Waals surface area contributed by atoms with Crippen LogP contribution in [0.4, 0.5) is 5.82 Å². The second kappa shape index (κ2) is 6.35. The summed E-state index contributed by atoms with van der Waals surface area (Å²) in [4.78, 5) is 9.50. The number of hydrogen-bond acceptors (Lipinski definition) is 4. The molecule has 0 spiro atoms. The molecule has 1 aliphatic heterocycles. The fourth-order valence-electron chi connectivity index (χ4n) is 2.91. The summed E-state index contributed by atoms with van der Waals surface area (Å²) in [6.07, 6.45) is 1.21. The molecule has 4 heteroatoms. The van der Waals surface area contributed by atoms with Crippen molar-refractivity contribution < 1.29 is 5.11 Å². The van der Waals surface area contributed by atoms with E-state index in [4.69, 9.17) is 0 Å². The first kappa shape index (κ1) is 14.3. The van der Waals surface area contributed by atoms with E-state index in [9.17, 15) is 5.11 Å². The van der Waals surface area contributed by atoms with Gasteiger partial charge in [0.2, 0.25) is 0 Å². The molecule has 2 rings (SSSR count). The molecule has 1 aromatic heterocycles. The number of aliphatic hydroxyl groups is 1. The Morgan fingerprint density at radius 1 is 1.37 bits per heavy atom. The number of rotatable bonds is 5. The number of hydrogen-bond donors (Lipinski definition) is 1. The average Bonchev–Trinajstić information content (AvgIpc) is 2.90. The summed E-state index contributed by atoms with van der Waals surface area (Å²) in [7, 11) is 0. The molecule has 0 bridgehead atoms.